The molecule has 16 heavy (non-hydrogen) atoms. The second kappa shape index (κ2) is 4.14. The van der Waals surface area contributed by atoms with E-state index in [2.05, 4.69) is 10.2 Å². The van der Waals surface area contributed by atoms with E-state index in [1.165, 1.54) is 17.8 Å². The first kappa shape index (κ1) is 10.4. The third-order valence-electron chi connectivity index (χ3n) is 2.21. The lowest BCUT2D eigenvalue weighted by atomic mass is 10.2. The molecule has 0 amide bonds. The Bertz CT molecular complexity index is 519. The molecule has 0 atom stereocenters. The largest absolute Gasteiger partial charge is 0.497 e. The Morgan fingerprint density at radius 2 is 2.25 bits per heavy atom. The summed E-state index contributed by atoms with van der Waals surface area (Å²) in [7, 11) is 1.59. The van der Waals surface area contributed by atoms with Crippen molar-refractivity contribution in [3.8, 4) is 17.1 Å². The number of carbonyl (C=O) groups is 1. The normalized spacial score (nSPS) is 10.1. The molecule has 1 heterocycles. The Morgan fingerprint density at radius 1 is 1.44 bits per heavy atom. The number of ether oxygens (including phenoxy) is 1. The lowest BCUT2D eigenvalue weighted by Crippen LogP contribution is -2.06. The number of methoxy groups -OCH3 is 1. The fourth-order valence-corrected chi connectivity index (χ4v) is 1.42. The molecule has 0 spiro atoms. The minimum absolute atomic E-state index is 0.122. The van der Waals surface area contributed by atoms with Crippen molar-refractivity contribution in [1.29, 1.82) is 0 Å². The zero-order valence-electron chi connectivity index (χ0n) is 9.04. The Morgan fingerprint density at radius 3 is 2.94 bits per heavy atom. The van der Waals surface area contributed by atoms with Crippen LogP contribution in [0.1, 0.15) is 11.7 Å². The molecule has 0 radical (unpaired) electrons. The molecule has 5 nitrogen and oxygen atoms in total. The molecule has 2 rings (SSSR count). The Kier molecular flexibility index (Phi) is 2.68. The average Bonchev–Trinajstić information content (AvgIpc) is 2.78. The van der Waals surface area contributed by atoms with Crippen LogP contribution in [0.2, 0.25) is 0 Å². The van der Waals surface area contributed by atoms with Crippen LogP contribution in [0.25, 0.3) is 11.4 Å². The second-order valence-electron chi connectivity index (χ2n) is 3.28. The van der Waals surface area contributed by atoms with Crippen molar-refractivity contribution in [2.75, 3.05) is 7.11 Å². The molecule has 2 aromatic rings. The summed E-state index contributed by atoms with van der Waals surface area (Å²) >= 11 is 0. The molecule has 0 N–H and O–H groups in total. The monoisotopic (exact) mass is 217 g/mol. The van der Waals surface area contributed by atoms with E-state index in [-0.39, 0.29) is 5.91 Å². The van der Waals surface area contributed by atoms with Crippen LogP contribution in [-0.2, 0) is 0 Å². The lowest BCUT2D eigenvalue weighted by Gasteiger charge is -2.04. The third kappa shape index (κ3) is 1.79. The van der Waals surface area contributed by atoms with Gasteiger partial charge in [-0.15, -0.1) is 10.2 Å². The van der Waals surface area contributed by atoms with Gasteiger partial charge < -0.3 is 4.74 Å². The molecule has 0 saturated heterocycles. The van der Waals surface area contributed by atoms with Gasteiger partial charge in [0.1, 0.15) is 12.1 Å². The van der Waals surface area contributed by atoms with Crippen molar-refractivity contribution in [3.63, 3.8) is 0 Å². The molecule has 0 aliphatic heterocycles. The van der Waals surface area contributed by atoms with Crippen LogP contribution in [0.5, 0.6) is 5.75 Å². The van der Waals surface area contributed by atoms with Crippen molar-refractivity contribution in [3.05, 3.63) is 30.6 Å². The van der Waals surface area contributed by atoms with Crippen LogP contribution in [0.15, 0.2) is 30.6 Å². The minimum Gasteiger partial charge on any atom is -0.497 e. The first-order valence-electron chi connectivity index (χ1n) is 4.78. The molecule has 0 fully saturated rings. The molecular weight excluding hydrogens is 206 g/mol. The molecule has 1 aromatic heterocycles. The summed E-state index contributed by atoms with van der Waals surface area (Å²) in [6.45, 7) is 1.47. The molecule has 0 bridgehead atoms. The minimum atomic E-state index is -0.122. The van der Waals surface area contributed by atoms with Crippen LogP contribution in [0.4, 0.5) is 0 Å². The molecule has 1 aromatic carbocycles. The number of hydrogen-bond acceptors (Lipinski definition) is 4. The van der Waals surface area contributed by atoms with Gasteiger partial charge in [-0.25, -0.2) is 0 Å². The van der Waals surface area contributed by atoms with Crippen LogP contribution in [0, 0.1) is 0 Å². The van der Waals surface area contributed by atoms with Gasteiger partial charge in [-0.2, -0.15) is 0 Å². The summed E-state index contributed by atoms with van der Waals surface area (Å²) in [5, 5.41) is 7.65. The van der Waals surface area contributed by atoms with E-state index < -0.39 is 0 Å². The summed E-state index contributed by atoms with van der Waals surface area (Å²) in [6, 6.07) is 7.33. The van der Waals surface area contributed by atoms with E-state index in [4.69, 9.17) is 4.74 Å². The van der Waals surface area contributed by atoms with E-state index in [1.54, 1.807) is 7.11 Å². The van der Waals surface area contributed by atoms with Gasteiger partial charge in [0.05, 0.1) is 7.11 Å². The molecule has 0 unspecified atom stereocenters. The van der Waals surface area contributed by atoms with Crippen molar-refractivity contribution >= 4 is 5.91 Å². The van der Waals surface area contributed by atoms with E-state index in [0.717, 1.165) is 11.3 Å². The van der Waals surface area contributed by atoms with Crippen molar-refractivity contribution in [1.82, 2.24) is 14.8 Å². The van der Waals surface area contributed by atoms with Gasteiger partial charge in [0, 0.05) is 12.5 Å². The van der Waals surface area contributed by atoms with Gasteiger partial charge >= 0.3 is 0 Å². The fraction of sp³-hybridized carbons (Fsp3) is 0.182. The highest BCUT2D eigenvalue weighted by atomic mass is 16.5. The highest BCUT2D eigenvalue weighted by Gasteiger charge is 2.10. The molecule has 0 aliphatic rings. The van der Waals surface area contributed by atoms with E-state index in [9.17, 15) is 4.79 Å². The van der Waals surface area contributed by atoms with E-state index in [0.29, 0.717) is 5.82 Å². The standard InChI is InChI=1S/C11H11N3O2/c1-8(15)14-7-12-13-11(14)9-4-3-5-10(6-9)16-2/h3-7H,1-2H3. The molecular formula is C11H11N3O2. The average molecular weight is 217 g/mol. The Labute approximate surface area is 92.7 Å². The van der Waals surface area contributed by atoms with Gasteiger partial charge in [0.15, 0.2) is 5.82 Å². The van der Waals surface area contributed by atoms with E-state index >= 15 is 0 Å². The number of rotatable bonds is 2. The summed E-state index contributed by atoms with van der Waals surface area (Å²) in [6.07, 6.45) is 1.40. The lowest BCUT2D eigenvalue weighted by molar-refractivity contribution is 0.0938. The summed E-state index contributed by atoms with van der Waals surface area (Å²) in [5.74, 6) is 1.12. The maximum atomic E-state index is 11.3. The van der Waals surface area contributed by atoms with Gasteiger partial charge in [-0.05, 0) is 12.1 Å². The van der Waals surface area contributed by atoms with Gasteiger partial charge in [-0.3, -0.25) is 9.36 Å². The number of nitrogens with zero attached hydrogens (tertiary/aromatic N) is 3. The van der Waals surface area contributed by atoms with Crippen molar-refractivity contribution < 1.29 is 9.53 Å². The number of aromatic nitrogens is 3. The quantitative estimate of drug-likeness (QED) is 0.766. The first-order valence-corrected chi connectivity index (χ1v) is 4.78. The second-order valence-corrected chi connectivity index (χ2v) is 3.28. The van der Waals surface area contributed by atoms with Gasteiger partial charge in [-0.1, -0.05) is 12.1 Å². The maximum absolute atomic E-state index is 11.3. The first-order chi connectivity index (χ1) is 7.72. The molecule has 5 heteroatoms. The predicted molar refractivity (Wildman–Crippen MR) is 58.3 cm³/mol. The summed E-state index contributed by atoms with van der Waals surface area (Å²) < 4.78 is 6.51. The SMILES string of the molecule is COc1cccc(-c2nncn2C(C)=O)c1. The number of benzene rings is 1. The molecule has 0 saturated carbocycles. The third-order valence-corrected chi connectivity index (χ3v) is 2.21. The topological polar surface area (TPSA) is 57.0 Å². The Balaban J connectivity index is 2.50. The zero-order valence-corrected chi connectivity index (χ0v) is 9.04. The highest BCUT2D eigenvalue weighted by molar-refractivity contribution is 5.80. The van der Waals surface area contributed by atoms with Crippen molar-refractivity contribution in [2.45, 2.75) is 6.92 Å². The number of hydrogen-bond donors (Lipinski definition) is 0. The summed E-state index contributed by atoms with van der Waals surface area (Å²) in [4.78, 5) is 11.3. The molecule has 0 aliphatic carbocycles. The predicted octanol–water partition coefficient (Wildman–Crippen LogP) is 1.61. The zero-order chi connectivity index (χ0) is 11.5. The van der Waals surface area contributed by atoms with Gasteiger partial charge in [0.25, 0.3) is 0 Å². The smallest absolute Gasteiger partial charge is 0.230 e. The fourth-order valence-electron chi connectivity index (χ4n) is 1.42. The van der Waals surface area contributed by atoms with Crippen LogP contribution in [-0.4, -0.2) is 27.8 Å². The molecule has 82 valence electrons. The summed E-state index contributed by atoms with van der Waals surface area (Å²) in [5.41, 5.74) is 0.798. The number of carbonyl (C=O) groups excluding carboxylic acids is 1. The maximum Gasteiger partial charge on any atom is 0.230 e. The van der Waals surface area contributed by atoms with Crippen molar-refractivity contribution in [2.24, 2.45) is 0 Å². The van der Waals surface area contributed by atoms with Crippen LogP contribution < -0.4 is 4.74 Å². The van der Waals surface area contributed by atoms with Gasteiger partial charge in [0.2, 0.25) is 5.91 Å². The Hall–Kier alpha value is -2.17. The van der Waals surface area contributed by atoms with Crippen LogP contribution in [0.3, 0.4) is 0 Å². The van der Waals surface area contributed by atoms with E-state index in [1.807, 2.05) is 24.3 Å². The van der Waals surface area contributed by atoms with Crippen LogP contribution >= 0.6 is 0 Å². The highest BCUT2D eigenvalue weighted by Crippen LogP contribution is 2.21.